The minimum atomic E-state index is -0.632. The highest BCUT2D eigenvalue weighted by molar-refractivity contribution is 7.18. The normalized spacial score (nSPS) is 14.0. The molecule has 0 unspecified atom stereocenters. The smallest absolute Gasteiger partial charge is 0.341 e. The Bertz CT molecular complexity index is 1020. The molecule has 1 fully saturated rings. The van der Waals surface area contributed by atoms with Crippen LogP contribution in [0.5, 0.6) is 5.75 Å². The van der Waals surface area contributed by atoms with E-state index in [-0.39, 0.29) is 34.1 Å². The van der Waals surface area contributed by atoms with Gasteiger partial charge in [-0.25, -0.2) is 4.79 Å². The molecule has 0 aliphatic heterocycles. The number of anilines is 1. The standard InChI is InChI=1S/C22H24Cl2N2O5S/c1-12-18(22(29)30-2)21(32-19(12)20(28)25-14-6-4-3-5-7-14)26-17(27)11-31-16-9-8-13(23)10-15(16)24/h8-10,14H,3-7,11H2,1-2H3,(H,25,28)(H,26,27). The van der Waals surface area contributed by atoms with E-state index in [1.165, 1.54) is 19.6 Å². The highest BCUT2D eigenvalue weighted by Gasteiger charge is 2.27. The van der Waals surface area contributed by atoms with Gasteiger partial charge in [-0.05, 0) is 43.5 Å². The van der Waals surface area contributed by atoms with E-state index in [4.69, 9.17) is 32.7 Å². The van der Waals surface area contributed by atoms with E-state index in [0.717, 1.165) is 37.0 Å². The van der Waals surface area contributed by atoms with Crippen LogP contribution in [-0.4, -0.2) is 37.5 Å². The number of methoxy groups -OCH3 is 1. The van der Waals surface area contributed by atoms with E-state index in [1.807, 2.05) is 0 Å². The van der Waals surface area contributed by atoms with E-state index in [0.29, 0.717) is 21.2 Å². The van der Waals surface area contributed by atoms with E-state index in [1.54, 1.807) is 19.1 Å². The molecule has 10 heteroatoms. The van der Waals surface area contributed by atoms with Crippen LogP contribution in [0, 0.1) is 6.92 Å². The third-order valence-corrected chi connectivity index (χ3v) is 6.93. The van der Waals surface area contributed by atoms with Gasteiger partial charge in [0.1, 0.15) is 10.8 Å². The van der Waals surface area contributed by atoms with Crippen molar-refractivity contribution in [3.8, 4) is 5.75 Å². The molecule has 0 bridgehead atoms. The van der Waals surface area contributed by atoms with Crippen molar-refractivity contribution in [2.75, 3.05) is 19.0 Å². The minimum Gasteiger partial charge on any atom is -0.482 e. The molecule has 1 aromatic heterocycles. The molecule has 1 aromatic carbocycles. The Labute approximate surface area is 200 Å². The third-order valence-electron chi connectivity index (χ3n) is 5.19. The lowest BCUT2D eigenvalue weighted by Gasteiger charge is -2.22. The van der Waals surface area contributed by atoms with Gasteiger partial charge in [0.15, 0.2) is 6.61 Å². The van der Waals surface area contributed by atoms with Gasteiger partial charge in [-0.3, -0.25) is 9.59 Å². The van der Waals surface area contributed by atoms with Crippen molar-refractivity contribution in [1.82, 2.24) is 5.32 Å². The van der Waals surface area contributed by atoms with Crippen LogP contribution in [0.1, 0.15) is 57.7 Å². The van der Waals surface area contributed by atoms with Crippen LogP contribution >= 0.6 is 34.5 Å². The number of benzene rings is 1. The van der Waals surface area contributed by atoms with Crippen LogP contribution < -0.4 is 15.4 Å². The highest BCUT2D eigenvalue weighted by atomic mass is 35.5. The van der Waals surface area contributed by atoms with Crippen molar-refractivity contribution in [3.05, 3.63) is 44.2 Å². The maximum atomic E-state index is 12.9. The lowest BCUT2D eigenvalue weighted by atomic mass is 9.95. The fraction of sp³-hybridized carbons (Fsp3) is 0.409. The van der Waals surface area contributed by atoms with Gasteiger partial charge in [0.25, 0.3) is 11.8 Å². The number of ether oxygens (including phenoxy) is 2. The number of rotatable bonds is 7. The summed E-state index contributed by atoms with van der Waals surface area (Å²) in [6.45, 7) is 1.32. The molecule has 1 heterocycles. The minimum absolute atomic E-state index is 0.120. The van der Waals surface area contributed by atoms with Gasteiger partial charge >= 0.3 is 5.97 Å². The largest absolute Gasteiger partial charge is 0.482 e. The summed E-state index contributed by atoms with van der Waals surface area (Å²) < 4.78 is 10.3. The summed E-state index contributed by atoms with van der Waals surface area (Å²) in [5.41, 5.74) is 0.622. The van der Waals surface area contributed by atoms with Gasteiger partial charge in [-0.1, -0.05) is 42.5 Å². The van der Waals surface area contributed by atoms with Gasteiger partial charge in [0.05, 0.1) is 22.6 Å². The van der Waals surface area contributed by atoms with Crippen molar-refractivity contribution in [2.45, 2.75) is 45.1 Å². The molecule has 2 aromatic rings. The maximum Gasteiger partial charge on any atom is 0.341 e. The monoisotopic (exact) mass is 498 g/mol. The first-order valence-electron chi connectivity index (χ1n) is 10.2. The predicted molar refractivity (Wildman–Crippen MR) is 125 cm³/mol. The number of amides is 2. The van der Waals surface area contributed by atoms with E-state index < -0.39 is 11.9 Å². The van der Waals surface area contributed by atoms with E-state index in [2.05, 4.69) is 10.6 Å². The molecule has 2 amide bonds. The summed E-state index contributed by atoms with van der Waals surface area (Å²) in [4.78, 5) is 38.1. The predicted octanol–water partition coefficient (Wildman–Crippen LogP) is 5.23. The molecule has 172 valence electrons. The van der Waals surface area contributed by atoms with Crippen LogP contribution in [-0.2, 0) is 9.53 Å². The Morgan fingerprint density at radius 3 is 2.53 bits per heavy atom. The molecule has 7 nitrogen and oxygen atoms in total. The molecule has 0 spiro atoms. The number of esters is 1. The molecule has 2 N–H and O–H groups in total. The molecule has 1 saturated carbocycles. The molecule has 0 radical (unpaired) electrons. The Hall–Kier alpha value is -2.29. The molecular formula is C22H24Cl2N2O5S. The lowest BCUT2D eigenvalue weighted by Crippen LogP contribution is -2.36. The van der Waals surface area contributed by atoms with Crippen LogP contribution in [0.2, 0.25) is 10.0 Å². The van der Waals surface area contributed by atoms with Crippen molar-refractivity contribution in [1.29, 1.82) is 0 Å². The summed E-state index contributed by atoms with van der Waals surface area (Å²) in [6.07, 6.45) is 5.22. The average molecular weight is 499 g/mol. The summed E-state index contributed by atoms with van der Waals surface area (Å²) in [5.74, 6) is -1.10. The first-order valence-corrected chi connectivity index (χ1v) is 11.8. The van der Waals surface area contributed by atoms with Crippen molar-refractivity contribution < 1.29 is 23.9 Å². The Balaban J connectivity index is 1.74. The Morgan fingerprint density at radius 2 is 1.88 bits per heavy atom. The molecule has 1 aliphatic carbocycles. The first-order chi connectivity index (χ1) is 15.3. The van der Waals surface area contributed by atoms with Crippen LogP contribution in [0.15, 0.2) is 18.2 Å². The van der Waals surface area contributed by atoms with Gasteiger partial charge in [0.2, 0.25) is 0 Å². The summed E-state index contributed by atoms with van der Waals surface area (Å²) >= 11 is 12.9. The Morgan fingerprint density at radius 1 is 1.16 bits per heavy atom. The zero-order valence-corrected chi connectivity index (χ0v) is 20.1. The number of hydrogen-bond donors (Lipinski definition) is 2. The number of carbonyl (C=O) groups is 3. The number of halogens is 2. The number of thiophene rings is 1. The van der Waals surface area contributed by atoms with Crippen LogP contribution in [0.4, 0.5) is 5.00 Å². The second-order valence-electron chi connectivity index (χ2n) is 7.47. The molecule has 0 atom stereocenters. The molecule has 3 rings (SSSR count). The lowest BCUT2D eigenvalue weighted by molar-refractivity contribution is -0.118. The summed E-state index contributed by atoms with van der Waals surface area (Å²) in [5, 5.41) is 6.65. The second kappa shape index (κ2) is 11.0. The van der Waals surface area contributed by atoms with E-state index in [9.17, 15) is 14.4 Å². The fourth-order valence-electron chi connectivity index (χ4n) is 3.56. The number of nitrogens with one attached hydrogen (secondary N) is 2. The summed E-state index contributed by atoms with van der Waals surface area (Å²) in [7, 11) is 1.25. The fourth-order valence-corrected chi connectivity index (χ4v) is 5.14. The molecular weight excluding hydrogens is 475 g/mol. The van der Waals surface area contributed by atoms with Crippen molar-refractivity contribution in [2.24, 2.45) is 0 Å². The van der Waals surface area contributed by atoms with Gasteiger partial charge in [0, 0.05) is 11.1 Å². The highest BCUT2D eigenvalue weighted by Crippen LogP contribution is 2.34. The van der Waals surface area contributed by atoms with Gasteiger partial charge < -0.3 is 20.1 Å². The zero-order chi connectivity index (χ0) is 23.3. The first kappa shape index (κ1) is 24.4. The second-order valence-corrected chi connectivity index (χ2v) is 9.34. The average Bonchev–Trinajstić information content (AvgIpc) is 3.09. The SMILES string of the molecule is COC(=O)c1c(NC(=O)COc2ccc(Cl)cc2Cl)sc(C(=O)NC2CCCCC2)c1C. The van der Waals surface area contributed by atoms with Crippen LogP contribution in [0.3, 0.4) is 0 Å². The molecule has 1 aliphatic rings. The van der Waals surface area contributed by atoms with Gasteiger partial charge in [-0.15, -0.1) is 11.3 Å². The van der Waals surface area contributed by atoms with Crippen molar-refractivity contribution in [3.63, 3.8) is 0 Å². The molecule has 32 heavy (non-hydrogen) atoms. The topological polar surface area (TPSA) is 93.7 Å². The van der Waals surface area contributed by atoms with E-state index >= 15 is 0 Å². The van der Waals surface area contributed by atoms with Crippen molar-refractivity contribution >= 4 is 57.3 Å². The Kier molecular flexibility index (Phi) is 8.39. The third kappa shape index (κ3) is 5.94. The van der Waals surface area contributed by atoms with Crippen LogP contribution in [0.25, 0.3) is 0 Å². The summed E-state index contributed by atoms with van der Waals surface area (Å²) in [6, 6.07) is 4.78. The van der Waals surface area contributed by atoms with Gasteiger partial charge in [-0.2, -0.15) is 0 Å². The molecule has 0 saturated heterocycles. The zero-order valence-electron chi connectivity index (χ0n) is 17.8. The number of hydrogen-bond acceptors (Lipinski definition) is 6. The number of carbonyl (C=O) groups excluding carboxylic acids is 3. The maximum absolute atomic E-state index is 12.9. The quantitative estimate of drug-likeness (QED) is 0.509.